The Balaban J connectivity index is 1.33. The number of aryl methyl sites for hydroxylation is 1. The van der Waals surface area contributed by atoms with Gasteiger partial charge in [-0.1, -0.05) is 30.3 Å². The highest BCUT2D eigenvalue weighted by Gasteiger charge is 2.25. The van der Waals surface area contributed by atoms with Crippen molar-refractivity contribution < 1.29 is 0 Å². The molecular weight excluding hydrogens is 346 g/mol. The maximum atomic E-state index is 4.81. The Morgan fingerprint density at radius 3 is 2.58 bits per heavy atom. The quantitative estimate of drug-likeness (QED) is 0.687. The van der Waals surface area contributed by atoms with Crippen molar-refractivity contribution in [2.45, 2.75) is 19.5 Å². The van der Waals surface area contributed by atoms with E-state index in [1.54, 1.807) is 16.0 Å². The van der Waals surface area contributed by atoms with Crippen LogP contribution in [-0.4, -0.2) is 61.2 Å². The van der Waals surface area contributed by atoms with E-state index in [4.69, 9.17) is 4.98 Å². The topological polar surface area (TPSA) is 63.0 Å². The van der Waals surface area contributed by atoms with Crippen LogP contribution in [0.25, 0.3) is 10.6 Å². The number of nitrogens with zero attached hydrogens (tertiary/aromatic N) is 7. The van der Waals surface area contributed by atoms with Gasteiger partial charge in [0.2, 0.25) is 0 Å². The fourth-order valence-electron chi connectivity index (χ4n) is 3.38. The van der Waals surface area contributed by atoms with Gasteiger partial charge in [0, 0.05) is 50.7 Å². The molecule has 1 aromatic carbocycles. The molecule has 8 heteroatoms. The molecule has 7 nitrogen and oxygen atoms in total. The lowest BCUT2D eigenvalue weighted by Crippen LogP contribution is -2.47. The highest BCUT2D eigenvalue weighted by atomic mass is 32.1. The predicted molar refractivity (Wildman–Crippen MR) is 102 cm³/mol. The van der Waals surface area contributed by atoms with E-state index in [1.165, 1.54) is 5.56 Å². The molecule has 3 aromatic rings. The summed E-state index contributed by atoms with van der Waals surface area (Å²) in [4.78, 5) is 9.73. The van der Waals surface area contributed by atoms with Crippen LogP contribution in [0.1, 0.15) is 24.5 Å². The van der Waals surface area contributed by atoms with Crippen LogP contribution in [-0.2, 0) is 13.6 Å². The Morgan fingerprint density at radius 2 is 1.88 bits per heavy atom. The van der Waals surface area contributed by atoms with Gasteiger partial charge in [0.25, 0.3) is 0 Å². The number of benzene rings is 1. The second kappa shape index (κ2) is 7.61. The fourth-order valence-corrected chi connectivity index (χ4v) is 4.20. The van der Waals surface area contributed by atoms with Gasteiger partial charge >= 0.3 is 0 Å². The summed E-state index contributed by atoms with van der Waals surface area (Å²) in [5.74, 6) is 0.922. The summed E-state index contributed by atoms with van der Waals surface area (Å²) in [5.41, 5.74) is 2.35. The molecule has 136 valence electrons. The molecule has 1 aliphatic heterocycles. The summed E-state index contributed by atoms with van der Waals surface area (Å²) >= 11 is 1.72. The predicted octanol–water partition coefficient (Wildman–Crippen LogP) is 2.21. The lowest BCUT2D eigenvalue weighted by atomic mass is 10.2. The molecule has 2 aromatic heterocycles. The van der Waals surface area contributed by atoms with Gasteiger partial charge in [0.15, 0.2) is 5.82 Å². The molecule has 3 heterocycles. The Morgan fingerprint density at radius 1 is 1.12 bits per heavy atom. The molecule has 1 aliphatic rings. The summed E-state index contributed by atoms with van der Waals surface area (Å²) in [6.07, 6.45) is 0. The van der Waals surface area contributed by atoms with Gasteiger partial charge in [-0.2, -0.15) is 0 Å². The molecule has 4 rings (SSSR count). The second-order valence-electron chi connectivity index (χ2n) is 6.66. The first-order valence-corrected chi connectivity index (χ1v) is 9.77. The molecule has 1 atom stereocenters. The first-order chi connectivity index (χ1) is 12.7. The van der Waals surface area contributed by atoms with Crippen LogP contribution < -0.4 is 0 Å². The van der Waals surface area contributed by atoms with Crippen molar-refractivity contribution in [1.82, 2.24) is 35.0 Å². The number of hydrogen-bond acceptors (Lipinski definition) is 7. The third kappa shape index (κ3) is 3.67. The van der Waals surface area contributed by atoms with Crippen molar-refractivity contribution >= 4 is 11.3 Å². The fraction of sp³-hybridized carbons (Fsp3) is 0.444. The number of aromatic nitrogens is 5. The minimum atomic E-state index is 0.237. The van der Waals surface area contributed by atoms with Crippen LogP contribution >= 0.6 is 11.3 Å². The van der Waals surface area contributed by atoms with Gasteiger partial charge in [0.1, 0.15) is 5.01 Å². The third-order valence-electron chi connectivity index (χ3n) is 4.94. The van der Waals surface area contributed by atoms with Gasteiger partial charge < -0.3 is 0 Å². The third-order valence-corrected chi connectivity index (χ3v) is 5.88. The lowest BCUT2D eigenvalue weighted by molar-refractivity contribution is 0.0927. The summed E-state index contributed by atoms with van der Waals surface area (Å²) in [5, 5.41) is 15.1. The van der Waals surface area contributed by atoms with Gasteiger partial charge in [-0.3, -0.25) is 9.80 Å². The lowest BCUT2D eigenvalue weighted by Gasteiger charge is -2.37. The number of tetrazole rings is 1. The zero-order chi connectivity index (χ0) is 17.9. The van der Waals surface area contributed by atoms with E-state index >= 15 is 0 Å². The maximum absolute atomic E-state index is 4.81. The number of rotatable bonds is 5. The van der Waals surface area contributed by atoms with Crippen molar-refractivity contribution in [2.75, 3.05) is 26.2 Å². The Hall–Kier alpha value is -2.16. The minimum absolute atomic E-state index is 0.237. The van der Waals surface area contributed by atoms with Gasteiger partial charge in [0.05, 0.1) is 11.7 Å². The van der Waals surface area contributed by atoms with E-state index in [-0.39, 0.29) is 6.04 Å². The van der Waals surface area contributed by atoms with E-state index in [0.717, 1.165) is 49.2 Å². The smallest absolute Gasteiger partial charge is 0.167 e. The molecule has 1 fully saturated rings. The first kappa shape index (κ1) is 17.3. The summed E-state index contributed by atoms with van der Waals surface area (Å²) in [6.45, 7) is 7.19. The average molecular weight is 369 g/mol. The number of piperazine rings is 1. The van der Waals surface area contributed by atoms with Crippen LogP contribution in [0.15, 0.2) is 35.7 Å². The van der Waals surface area contributed by atoms with Gasteiger partial charge in [-0.15, -0.1) is 16.4 Å². The molecule has 0 saturated carbocycles. The van der Waals surface area contributed by atoms with E-state index in [1.807, 2.05) is 13.1 Å². The van der Waals surface area contributed by atoms with Crippen LogP contribution in [0.5, 0.6) is 0 Å². The SMILES string of the molecule is CC(c1nnnn1C)N1CCN(Cc2csc(-c3ccccc3)n2)CC1. The van der Waals surface area contributed by atoms with Crippen molar-refractivity contribution in [3.8, 4) is 10.6 Å². The Bertz CT molecular complexity index is 836. The highest BCUT2D eigenvalue weighted by molar-refractivity contribution is 7.13. The second-order valence-corrected chi connectivity index (χ2v) is 7.52. The Labute approximate surface area is 157 Å². The largest absolute Gasteiger partial charge is 0.295 e. The molecule has 0 radical (unpaired) electrons. The highest BCUT2D eigenvalue weighted by Crippen LogP contribution is 2.24. The molecule has 1 saturated heterocycles. The minimum Gasteiger partial charge on any atom is -0.295 e. The molecule has 26 heavy (non-hydrogen) atoms. The number of hydrogen-bond donors (Lipinski definition) is 0. The van der Waals surface area contributed by atoms with Gasteiger partial charge in [-0.05, 0) is 17.4 Å². The summed E-state index contributed by atoms with van der Waals surface area (Å²) < 4.78 is 1.76. The van der Waals surface area contributed by atoms with Crippen LogP contribution in [0.4, 0.5) is 0 Å². The number of thiazole rings is 1. The zero-order valence-corrected chi connectivity index (χ0v) is 15.9. The van der Waals surface area contributed by atoms with Crippen molar-refractivity contribution in [3.05, 3.63) is 47.2 Å². The molecule has 0 amide bonds. The Kier molecular flexibility index (Phi) is 5.05. The molecule has 1 unspecified atom stereocenters. The molecule has 0 bridgehead atoms. The van der Waals surface area contributed by atoms with Crippen molar-refractivity contribution in [3.63, 3.8) is 0 Å². The standard InChI is InChI=1S/C18H23N7S/c1-14(17-20-21-22-23(17)2)25-10-8-24(9-11-25)12-16-13-26-18(19-16)15-6-4-3-5-7-15/h3-7,13-14H,8-12H2,1-2H3. The zero-order valence-electron chi connectivity index (χ0n) is 15.1. The van der Waals surface area contributed by atoms with E-state index in [9.17, 15) is 0 Å². The molecule has 0 aliphatic carbocycles. The monoisotopic (exact) mass is 369 g/mol. The van der Waals surface area contributed by atoms with Crippen molar-refractivity contribution in [1.29, 1.82) is 0 Å². The van der Waals surface area contributed by atoms with E-state index < -0.39 is 0 Å². The van der Waals surface area contributed by atoms with Crippen LogP contribution in [0.3, 0.4) is 0 Å². The molecular formula is C18H23N7S. The average Bonchev–Trinajstić information content (AvgIpc) is 3.32. The normalized spacial score (nSPS) is 17.5. The van der Waals surface area contributed by atoms with E-state index in [0.29, 0.717) is 0 Å². The van der Waals surface area contributed by atoms with Crippen LogP contribution in [0.2, 0.25) is 0 Å². The molecule has 0 N–H and O–H groups in total. The summed E-state index contributed by atoms with van der Waals surface area (Å²) in [7, 11) is 1.90. The van der Waals surface area contributed by atoms with Crippen molar-refractivity contribution in [2.24, 2.45) is 7.05 Å². The first-order valence-electron chi connectivity index (χ1n) is 8.89. The summed E-state index contributed by atoms with van der Waals surface area (Å²) in [6, 6.07) is 10.6. The van der Waals surface area contributed by atoms with Crippen LogP contribution in [0, 0.1) is 0 Å². The molecule has 0 spiro atoms. The van der Waals surface area contributed by atoms with E-state index in [2.05, 4.69) is 61.9 Å². The maximum Gasteiger partial charge on any atom is 0.167 e. The van der Waals surface area contributed by atoms with Gasteiger partial charge in [-0.25, -0.2) is 9.67 Å².